The Morgan fingerprint density at radius 1 is 1.08 bits per heavy atom. The van der Waals surface area contributed by atoms with Crippen LogP contribution in [0.25, 0.3) is 0 Å². The summed E-state index contributed by atoms with van der Waals surface area (Å²) in [6, 6.07) is 1.97. The van der Waals surface area contributed by atoms with Crippen molar-refractivity contribution in [3.8, 4) is 0 Å². The maximum Gasteiger partial charge on any atom is 0.348 e. The molecule has 0 atom stereocenters. The normalized spacial score (nSPS) is 18.5. The molecule has 1 heterocycles. The molecular weight excluding hydrogens is 322 g/mol. The highest BCUT2D eigenvalue weighted by Gasteiger charge is 2.19. The van der Waals surface area contributed by atoms with Crippen LogP contribution < -0.4 is 5.32 Å². The van der Waals surface area contributed by atoms with Crippen LogP contribution in [0.15, 0.2) is 6.07 Å². The summed E-state index contributed by atoms with van der Waals surface area (Å²) in [5, 5.41) is 2.90. The number of nitrogens with one attached hydrogen (secondary N) is 1. The predicted octanol–water partition coefficient (Wildman–Crippen LogP) is 3.87. The molecule has 5 heteroatoms. The van der Waals surface area contributed by atoms with E-state index in [9.17, 15) is 9.59 Å². The van der Waals surface area contributed by atoms with Crippen LogP contribution in [0.3, 0.4) is 0 Å². The summed E-state index contributed by atoms with van der Waals surface area (Å²) in [6.07, 6.45) is 12.0. The summed E-state index contributed by atoms with van der Waals surface area (Å²) in [4.78, 5) is 26.0. The second-order valence-electron chi connectivity index (χ2n) is 7.00. The van der Waals surface area contributed by atoms with E-state index in [2.05, 4.69) is 5.32 Å². The van der Waals surface area contributed by atoms with E-state index in [1.54, 1.807) is 0 Å². The predicted molar refractivity (Wildman–Crippen MR) is 95.4 cm³/mol. The Bertz CT molecular complexity index is 552. The van der Waals surface area contributed by atoms with Gasteiger partial charge in [-0.3, -0.25) is 4.79 Å². The van der Waals surface area contributed by atoms with Gasteiger partial charge in [0.15, 0.2) is 6.61 Å². The van der Waals surface area contributed by atoms with E-state index in [1.165, 1.54) is 73.1 Å². The number of carbonyl (C=O) groups is 2. The van der Waals surface area contributed by atoms with Crippen molar-refractivity contribution in [2.24, 2.45) is 5.92 Å². The molecule has 2 aliphatic carbocycles. The SMILES string of the molecule is O=C(COC(=O)c1cc2c(s1)CCCCC2)NCC1CCCCC1. The number of esters is 1. The van der Waals surface area contributed by atoms with Crippen LogP contribution in [0.2, 0.25) is 0 Å². The molecule has 1 fully saturated rings. The van der Waals surface area contributed by atoms with E-state index in [-0.39, 0.29) is 18.5 Å². The fourth-order valence-electron chi connectivity index (χ4n) is 3.67. The van der Waals surface area contributed by atoms with E-state index in [1.807, 2.05) is 6.07 Å². The van der Waals surface area contributed by atoms with Gasteiger partial charge >= 0.3 is 5.97 Å². The number of hydrogen-bond donors (Lipinski definition) is 1. The van der Waals surface area contributed by atoms with Crippen LogP contribution in [0.5, 0.6) is 0 Å². The molecule has 3 rings (SSSR count). The highest BCUT2D eigenvalue weighted by Crippen LogP contribution is 2.29. The lowest BCUT2D eigenvalue weighted by molar-refractivity contribution is -0.124. The molecular formula is C19H27NO3S. The summed E-state index contributed by atoms with van der Waals surface area (Å²) in [7, 11) is 0. The molecule has 0 bridgehead atoms. The zero-order valence-corrected chi connectivity index (χ0v) is 15.1. The number of fused-ring (bicyclic) bond motifs is 1. The number of ether oxygens (including phenoxy) is 1. The minimum Gasteiger partial charge on any atom is -0.451 e. The van der Waals surface area contributed by atoms with Gasteiger partial charge in [0, 0.05) is 11.4 Å². The number of thiophene rings is 1. The molecule has 1 aromatic rings. The minimum absolute atomic E-state index is 0.173. The van der Waals surface area contributed by atoms with Crippen molar-refractivity contribution < 1.29 is 14.3 Å². The second kappa shape index (κ2) is 8.65. The van der Waals surface area contributed by atoms with E-state index in [0.717, 1.165) is 12.8 Å². The molecule has 1 N–H and O–H groups in total. The summed E-state index contributed by atoms with van der Waals surface area (Å²) < 4.78 is 5.20. The van der Waals surface area contributed by atoms with Crippen molar-refractivity contribution >= 4 is 23.2 Å². The Kier molecular flexibility index (Phi) is 6.30. The lowest BCUT2D eigenvalue weighted by atomic mass is 9.89. The first-order valence-corrected chi connectivity index (χ1v) is 10.1. The van der Waals surface area contributed by atoms with Gasteiger partial charge < -0.3 is 10.1 Å². The van der Waals surface area contributed by atoms with Gasteiger partial charge in [0.25, 0.3) is 5.91 Å². The molecule has 1 amide bonds. The smallest absolute Gasteiger partial charge is 0.348 e. The van der Waals surface area contributed by atoms with Crippen molar-refractivity contribution in [1.29, 1.82) is 0 Å². The van der Waals surface area contributed by atoms with Crippen molar-refractivity contribution in [3.05, 3.63) is 21.4 Å². The number of hydrogen-bond acceptors (Lipinski definition) is 4. The number of amides is 1. The Morgan fingerprint density at radius 3 is 2.67 bits per heavy atom. The minimum atomic E-state index is -0.360. The summed E-state index contributed by atoms with van der Waals surface area (Å²) >= 11 is 1.54. The summed E-state index contributed by atoms with van der Waals surface area (Å²) in [5.74, 6) is 0.0410. The zero-order valence-electron chi connectivity index (χ0n) is 14.3. The molecule has 0 spiro atoms. The first-order valence-electron chi connectivity index (χ1n) is 9.28. The van der Waals surface area contributed by atoms with Crippen LogP contribution in [0.1, 0.15) is 71.5 Å². The molecule has 1 saturated carbocycles. The largest absolute Gasteiger partial charge is 0.451 e. The zero-order chi connectivity index (χ0) is 16.8. The number of aryl methyl sites for hydroxylation is 2. The molecule has 0 aromatic carbocycles. The highest BCUT2D eigenvalue weighted by atomic mass is 32.1. The standard InChI is InChI=1S/C19H27NO3S/c21-18(20-12-14-7-3-1-4-8-14)13-23-19(22)17-11-15-9-5-2-6-10-16(15)24-17/h11,14H,1-10,12-13H2,(H,20,21). The number of carbonyl (C=O) groups excluding carboxylic acids is 2. The Balaban J connectivity index is 1.42. The maximum absolute atomic E-state index is 12.2. The molecule has 132 valence electrons. The van der Waals surface area contributed by atoms with Crippen LogP contribution in [-0.4, -0.2) is 25.0 Å². The average molecular weight is 349 g/mol. The molecule has 0 aliphatic heterocycles. The van der Waals surface area contributed by atoms with Crippen LogP contribution >= 0.6 is 11.3 Å². The lowest BCUT2D eigenvalue weighted by Crippen LogP contribution is -2.33. The highest BCUT2D eigenvalue weighted by molar-refractivity contribution is 7.14. The van der Waals surface area contributed by atoms with Gasteiger partial charge in [0.1, 0.15) is 4.88 Å². The first-order chi connectivity index (χ1) is 11.7. The van der Waals surface area contributed by atoms with Crippen molar-refractivity contribution in [2.75, 3.05) is 13.2 Å². The maximum atomic E-state index is 12.2. The van der Waals surface area contributed by atoms with Crippen LogP contribution in [0, 0.1) is 5.92 Å². The summed E-state index contributed by atoms with van der Waals surface area (Å²) in [5.41, 5.74) is 1.30. The average Bonchev–Trinajstić information content (AvgIpc) is 2.89. The number of rotatable bonds is 5. The van der Waals surface area contributed by atoms with Gasteiger partial charge in [0.05, 0.1) is 0 Å². The third kappa shape index (κ3) is 4.82. The quantitative estimate of drug-likeness (QED) is 0.648. The molecule has 2 aliphatic rings. The topological polar surface area (TPSA) is 55.4 Å². The van der Waals surface area contributed by atoms with E-state index in [0.29, 0.717) is 17.3 Å². The second-order valence-corrected chi connectivity index (χ2v) is 8.14. The monoisotopic (exact) mass is 349 g/mol. The van der Waals surface area contributed by atoms with E-state index < -0.39 is 0 Å². The lowest BCUT2D eigenvalue weighted by Gasteiger charge is -2.21. The third-order valence-corrected chi connectivity index (χ3v) is 6.31. The van der Waals surface area contributed by atoms with Crippen molar-refractivity contribution in [2.45, 2.75) is 64.2 Å². The molecule has 1 aromatic heterocycles. The Hall–Kier alpha value is -1.36. The van der Waals surface area contributed by atoms with Crippen molar-refractivity contribution in [1.82, 2.24) is 5.32 Å². The van der Waals surface area contributed by atoms with Gasteiger partial charge in [0.2, 0.25) is 0 Å². The third-order valence-electron chi connectivity index (χ3n) is 5.09. The van der Waals surface area contributed by atoms with Gasteiger partial charge in [-0.15, -0.1) is 11.3 Å². The van der Waals surface area contributed by atoms with Crippen LogP contribution in [-0.2, 0) is 22.4 Å². The van der Waals surface area contributed by atoms with Crippen LogP contribution in [0.4, 0.5) is 0 Å². The molecule has 0 radical (unpaired) electrons. The first kappa shape index (κ1) is 17.5. The van der Waals surface area contributed by atoms with E-state index >= 15 is 0 Å². The molecule has 4 nitrogen and oxygen atoms in total. The van der Waals surface area contributed by atoms with E-state index in [4.69, 9.17) is 4.74 Å². The molecule has 0 saturated heterocycles. The Morgan fingerprint density at radius 2 is 1.83 bits per heavy atom. The molecule has 0 unspecified atom stereocenters. The van der Waals surface area contributed by atoms with Gasteiger partial charge in [-0.25, -0.2) is 4.79 Å². The Labute approximate surface area is 148 Å². The van der Waals surface area contributed by atoms with Gasteiger partial charge in [-0.05, 0) is 56.1 Å². The fourth-order valence-corrected chi connectivity index (χ4v) is 4.82. The fraction of sp³-hybridized carbons (Fsp3) is 0.684. The van der Waals surface area contributed by atoms with Crippen molar-refractivity contribution in [3.63, 3.8) is 0 Å². The molecule has 24 heavy (non-hydrogen) atoms. The van der Waals surface area contributed by atoms with Gasteiger partial charge in [-0.2, -0.15) is 0 Å². The summed E-state index contributed by atoms with van der Waals surface area (Å²) in [6.45, 7) is 0.539. The van der Waals surface area contributed by atoms with Gasteiger partial charge in [-0.1, -0.05) is 25.7 Å².